The molecule has 3 aromatic carbocycles. The van der Waals surface area contributed by atoms with E-state index in [9.17, 15) is 4.79 Å². The molecule has 0 saturated heterocycles. The molecule has 0 aliphatic heterocycles. The predicted octanol–water partition coefficient (Wildman–Crippen LogP) is 5.31. The molecule has 0 radical (unpaired) electrons. The van der Waals surface area contributed by atoms with E-state index >= 15 is 0 Å². The summed E-state index contributed by atoms with van der Waals surface area (Å²) < 4.78 is 0.958. The minimum atomic E-state index is -0.0794. The smallest absolute Gasteiger partial charge is 0.251 e. The maximum Gasteiger partial charge on any atom is 0.251 e. The number of carbonyl (C=O) groups excluding carboxylic acids is 1. The molecule has 0 bridgehead atoms. The summed E-state index contributed by atoms with van der Waals surface area (Å²) in [5.41, 5.74) is 4.02. The van der Waals surface area contributed by atoms with Gasteiger partial charge >= 0.3 is 0 Å². The van der Waals surface area contributed by atoms with Gasteiger partial charge in [0.1, 0.15) is 0 Å². The Morgan fingerprint density at radius 1 is 0.760 bits per heavy atom. The molecule has 0 fully saturated rings. The third-order valence-corrected chi connectivity index (χ3v) is 4.37. The Kier molecular flexibility index (Phi) is 5.81. The summed E-state index contributed by atoms with van der Waals surface area (Å²) in [5, 5.41) is 2.96. The average Bonchev–Trinajstić information content (AvgIpc) is 2.67. The van der Waals surface area contributed by atoms with Gasteiger partial charge in [-0.2, -0.15) is 0 Å². The Morgan fingerprint density at radius 3 is 1.80 bits per heavy atom. The summed E-state index contributed by atoms with van der Waals surface area (Å²) in [7, 11) is 0. The molecule has 1 N–H and O–H groups in total. The fraction of sp³-hybridized carbons (Fsp3) is 0.0455. The maximum atomic E-state index is 12.3. The van der Waals surface area contributed by atoms with Crippen molar-refractivity contribution in [1.29, 1.82) is 0 Å². The van der Waals surface area contributed by atoms with Crippen LogP contribution < -0.4 is 5.32 Å². The Balaban J connectivity index is 1.77. The zero-order valence-corrected chi connectivity index (χ0v) is 15.2. The summed E-state index contributed by atoms with van der Waals surface area (Å²) in [6.45, 7) is 0.466. The highest BCUT2D eigenvalue weighted by atomic mass is 79.9. The summed E-state index contributed by atoms with van der Waals surface area (Å²) in [4.78, 5) is 12.3. The van der Waals surface area contributed by atoms with Crippen molar-refractivity contribution in [2.75, 3.05) is 6.54 Å². The molecule has 3 heteroatoms. The van der Waals surface area contributed by atoms with Gasteiger partial charge in [0, 0.05) is 16.6 Å². The van der Waals surface area contributed by atoms with Gasteiger partial charge in [0.05, 0.1) is 0 Å². The Hall–Kier alpha value is -2.65. The minimum absolute atomic E-state index is 0.0794. The van der Waals surface area contributed by atoms with E-state index in [4.69, 9.17) is 0 Å². The molecule has 0 aliphatic rings. The van der Waals surface area contributed by atoms with Gasteiger partial charge in [-0.25, -0.2) is 0 Å². The Morgan fingerprint density at radius 2 is 1.28 bits per heavy atom. The highest BCUT2D eigenvalue weighted by molar-refractivity contribution is 9.10. The van der Waals surface area contributed by atoms with Gasteiger partial charge in [0.2, 0.25) is 0 Å². The molecule has 0 aromatic heterocycles. The largest absolute Gasteiger partial charge is 0.349 e. The van der Waals surface area contributed by atoms with Gasteiger partial charge in [-0.1, -0.05) is 82.7 Å². The minimum Gasteiger partial charge on any atom is -0.349 e. The van der Waals surface area contributed by atoms with Crippen LogP contribution in [0, 0.1) is 0 Å². The van der Waals surface area contributed by atoms with Gasteiger partial charge in [0.25, 0.3) is 5.91 Å². The van der Waals surface area contributed by atoms with Gasteiger partial charge in [-0.05, 0) is 41.0 Å². The predicted molar refractivity (Wildman–Crippen MR) is 106 cm³/mol. The lowest BCUT2D eigenvalue weighted by Gasteiger charge is -2.09. The summed E-state index contributed by atoms with van der Waals surface area (Å²) >= 11 is 3.38. The number of benzene rings is 3. The van der Waals surface area contributed by atoms with Gasteiger partial charge in [0.15, 0.2) is 0 Å². The lowest BCUT2D eigenvalue weighted by Crippen LogP contribution is -2.23. The number of halogens is 1. The second kappa shape index (κ2) is 8.45. The Labute approximate surface area is 156 Å². The second-order valence-corrected chi connectivity index (χ2v) is 6.48. The third-order valence-electron chi connectivity index (χ3n) is 3.84. The molecular weight excluding hydrogens is 374 g/mol. The van der Waals surface area contributed by atoms with Crippen molar-refractivity contribution >= 4 is 27.4 Å². The summed E-state index contributed by atoms with van der Waals surface area (Å²) in [5.74, 6) is -0.0794. The van der Waals surface area contributed by atoms with Crippen molar-refractivity contribution < 1.29 is 4.79 Å². The van der Waals surface area contributed by atoms with Crippen molar-refractivity contribution in [3.05, 3.63) is 112 Å². The van der Waals surface area contributed by atoms with Crippen LogP contribution in [0.2, 0.25) is 0 Å². The second-order valence-electron chi connectivity index (χ2n) is 5.57. The van der Waals surface area contributed by atoms with Crippen molar-refractivity contribution in [1.82, 2.24) is 5.32 Å². The maximum absolute atomic E-state index is 12.3. The molecule has 0 saturated carbocycles. The summed E-state index contributed by atoms with van der Waals surface area (Å²) in [6, 6.07) is 27.7. The monoisotopic (exact) mass is 391 g/mol. The van der Waals surface area contributed by atoms with E-state index in [1.165, 1.54) is 0 Å². The average molecular weight is 392 g/mol. The molecule has 1 amide bonds. The molecule has 2 nitrogen and oxygen atoms in total. The number of nitrogens with one attached hydrogen (secondary N) is 1. The number of hydrogen-bond acceptors (Lipinski definition) is 1. The molecule has 0 heterocycles. The zero-order chi connectivity index (χ0) is 17.5. The van der Waals surface area contributed by atoms with Crippen LogP contribution >= 0.6 is 15.9 Å². The Bertz CT molecular complexity index is 814. The molecule has 0 unspecified atom stereocenters. The quantitative estimate of drug-likeness (QED) is 0.627. The third kappa shape index (κ3) is 4.68. The number of amides is 1. The molecule has 3 aromatic rings. The van der Waals surface area contributed by atoms with Crippen LogP contribution in [-0.2, 0) is 0 Å². The van der Waals surface area contributed by atoms with E-state index in [1.54, 1.807) is 12.1 Å². The van der Waals surface area contributed by atoms with Crippen LogP contribution in [0.1, 0.15) is 21.5 Å². The first-order valence-corrected chi connectivity index (χ1v) is 8.88. The topological polar surface area (TPSA) is 29.1 Å². The number of hydrogen-bond donors (Lipinski definition) is 1. The fourth-order valence-electron chi connectivity index (χ4n) is 2.59. The van der Waals surface area contributed by atoms with Gasteiger partial charge < -0.3 is 5.32 Å². The molecule has 124 valence electrons. The van der Waals surface area contributed by atoms with Gasteiger partial charge in [-0.15, -0.1) is 0 Å². The molecule has 25 heavy (non-hydrogen) atoms. The summed E-state index contributed by atoms with van der Waals surface area (Å²) in [6.07, 6.45) is 2.06. The molecule has 0 atom stereocenters. The molecule has 0 aliphatic carbocycles. The fourth-order valence-corrected chi connectivity index (χ4v) is 2.85. The number of rotatable bonds is 5. The van der Waals surface area contributed by atoms with Crippen molar-refractivity contribution in [2.24, 2.45) is 0 Å². The van der Waals surface area contributed by atoms with Crippen LogP contribution in [0.4, 0.5) is 0 Å². The standard InChI is InChI=1S/C22H18BrNO/c23-20-13-11-19(12-14-20)22(25)24-16-15-21(17-7-3-1-4-8-17)18-9-5-2-6-10-18/h1-15H,16H2,(H,24,25). The lowest BCUT2D eigenvalue weighted by molar-refractivity contribution is 0.0958. The van der Waals surface area contributed by atoms with Crippen LogP contribution in [0.15, 0.2) is 95.5 Å². The van der Waals surface area contributed by atoms with E-state index in [2.05, 4.69) is 51.6 Å². The van der Waals surface area contributed by atoms with Crippen molar-refractivity contribution in [2.45, 2.75) is 0 Å². The van der Waals surface area contributed by atoms with Crippen molar-refractivity contribution in [3.63, 3.8) is 0 Å². The highest BCUT2D eigenvalue weighted by Crippen LogP contribution is 2.22. The van der Waals surface area contributed by atoms with Crippen LogP contribution in [0.25, 0.3) is 5.57 Å². The van der Waals surface area contributed by atoms with Gasteiger partial charge in [-0.3, -0.25) is 4.79 Å². The van der Waals surface area contributed by atoms with E-state index in [-0.39, 0.29) is 5.91 Å². The van der Waals surface area contributed by atoms with Crippen molar-refractivity contribution in [3.8, 4) is 0 Å². The molecular formula is C22H18BrNO. The molecule has 0 spiro atoms. The molecule has 3 rings (SSSR count). The number of carbonyl (C=O) groups is 1. The van der Waals surface area contributed by atoms with Crippen LogP contribution in [0.3, 0.4) is 0 Å². The normalized spacial score (nSPS) is 10.1. The first-order chi connectivity index (χ1) is 12.2. The van der Waals surface area contributed by atoms with E-state index < -0.39 is 0 Å². The van der Waals surface area contributed by atoms with E-state index in [0.717, 1.165) is 21.2 Å². The van der Waals surface area contributed by atoms with E-state index in [1.807, 2.05) is 48.5 Å². The first-order valence-electron chi connectivity index (χ1n) is 8.09. The first kappa shape index (κ1) is 17.2. The lowest BCUT2D eigenvalue weighted by atomic mass is 9.97. The zero-order valence-electron chi connectivity index (χ0n) is 13.7. The van der Waals surface area contributed by atoms with E-state index in [0.29, 0.717) is 12.1 Å². The SMILES string of the molecule is O=C(NCC=C(c1ccccc1)c1ccccc1)c1ccc(Br)cc1. The van der Waals surface area contributed by atoms with Crippen LogP contribution in [-0.4, -0.2) is 12.5 Å². The highest BCUT2D eigenvalue weighted by Gasteiger charge is 2.06. The van der Waals surface area contributed by atoms with Crippen LogP contribution in [0.5, 0.6) is 0 Å².